The van der Waals surface area contributed by atoms with Crippen LogP contribution in [0.2, 0.25) is 5.02 Å². The molecule has 0 atom stereocenters. The standard InChI is InChI=1S/C16H15ClN2O2/c1-2-15(11-6-8-14(20)9-7-11)18-19-16(21)12-4-3-5-13(17)10-12/h3-10,20H,2H2,1H3,(H,19,21)/b18-15+. The highest BCUT2D eigenvalue weighted by atomic mass is 35.5. The Balaban J connectivity index is 2.14. The number of hydrogen-bond donors (Lipinski definition) is 2. The molecule has 0 unspecified atom stereocenters. The minimum Gasteiger partial charge on any atom is -0.508 e. The number of nitrogens with zero attached hydrogens (tertiary/aromatic N) is 1. The van der Waals surface area contributed by atoms with Gasteiger partial charge >= 0.3 is 0 Å². The second kappa shape index (κ2) is 6.90. The summed E-state index contributed by atoms with van der Waals surface area (Å²) in [5.74, 6) is -0.126. The van der Waals surface area contributed by atoms with Crippen molar-refractivity contribution in [1.29, 1.82) is 0 Å². The third-order valence-electron chi connectivity index (χ3n) is 2.91. The maximum Gasteiger partial charge on any atom is 0.271 e. The lowest BCUT2D eigenvalue weighted by Gasteiger charge is -2.06. The van der Waals surface area contributed by atoms with Gasteiger partial charge in [-0.1, -0.05) is 24.6 Å². The predicted octanol–water partition coefficient (Wildman–Crippen LogP) is 3.59. The van der Waals surface area contributed by atoms with Gasteiger partial charge in [-0.25, -0.2) is 5.43 Å². The topological polar surface area (TPSA) is 61.7 Å². The Kier molecular flexibility index (Phi) is 4.95. The normalized spacial score (nSPS) is 11.2. The van der Waals surface area contributed by atoms with Gasteiger partial charge in [-0.05, 0) is 54.4 Å². The number of aromatic hydroxyl groups is 1. The maximum atomic E-state index is 12.0. The lowest BCUT2D eigenvalue weighted by molar-refractivity contribution is 0.0955. The van der Waals surface area contributed by atoms with E-state index in [2.05, 4.69) is 10.5 Å². The minimum absolute atomic E-state index is 0.192. The Bertz CT molecular complexity index is 666. The van der Waals surface area contributed by atoms with Crippen LogP contribution in [0.25, 0.3) is 0 Å². The number of phenols is 1. The van der Waals surface area contributed by atoms with Gasteiger partial charge in [-0.3, -0.25) is 4.79 Å². The van der Waals surface area contributed by atoms with Crippen molar-refractivity contribution >= 4 is 23.2 Å². The van der Waals surface area contributed by atoms with Crippen LogP contribution in [0.5, 0.6) is 5.75 Å². The molecule has 21 heavy (non-hydrogen) atoms. The van der Waals surface area contributed by atoms with Crippen molar-refractivity contribution in [3.05, 3.63) is 64.7 Å². The van der Waals surface area contributed by atoms with Crippen molar-refractivity contribution in [2.75, 3.05) is 0 Å². The Labute approximate surface area is 128 Å². The molecule has 0 aliphatic carbocycles. The van der Waals surface area contributed by atoms with E-state index in [1.165, 1.54) is 0 Å². The molecule has 0 aliphatic rings. The number of phenolic OH excluding ortho intramolecular Hbond substituents is 1. The third kappa shape index (κ3) is 4.07. The zero-order chi connectivity index (χ0) is 15.2. The molecule has 0 radical (unpaired) electrons. The van der Waals surface area contributed by atoms with E-state index in [0.29, 0.717) is 17.0 Å². The Morgan fingerprint density at radius 1 is 1.19 bits per heavy atom. The van der Waals surface area contributed by atoms with Crippen LogP contribution in [-0.4, -0.2) is 16.7 Å². The van der Waals surface area contributed by atoms with Gasteiger partial charge in [0.25, 0.3) is 5.91 Å². The van der Waals surface area contributed by atoms with E-state index in [0.717, 1.165) is 11.3 Å². The fourth-order valence-electron chi connectivity index (χ4n) is 1.81. The molecule has 0 bridgehead atoms. The Morgan fingerprint density at radius 2 is 1.90 bits per heavy atom. The van der Waals surface area contributed by atoms with Gasteiger partial charge in [0.1, 0.15) is 5.75 Å². The van der Waals surface area contributed by atoms with Crippen LogP contribution in [0.3, 0.4) is 0 Å². The van der Waals surface area contributed by atoms with E-state index in [1.807, 2.05) is 6.92 Å². The van der Waals surface area contributed by atoms with Crippen LogP contribution >= 0.6 is 11.6 Å². The van der Waals surface area contributed by atoms with Crippen LogP contribution in [0.1, 0.15) is 29.3 Å². The molecule has 0 saturated heterocycles. The average Bonchev–Trinajstić information content (AvgIpc) is 2.49. The fourth-order valence-corrected chi connectivity index (χ4v) is 2.00. The molecule has 0 aliphatic heterocycles. The summed E-state index contributed by atoms with van der Waals surface area (Å²) in [7, 11) is 0. The molecule has 108 valence electrons. The highest BCUT2D eigenvalue weighted by Crippen LogP contribution is 2.12. The van der Waals surface area contributed by atoms with E-state index in [1.54, 1.807) is 48.5 Å². The Hall–Kier alpha value is -2.33. The molecule has 0 heterocycles. The molecule has 1 amide bonds. The third-order valence-corrected chi connectivity index (χ3v) is 3.15. The number of carbonyl (C=O) groups is 1. The number of halogens is 1. The summed E-state index contributed by atoms with van der Waals surface area (Å²) in [6.07, 6.45) is 0.653. The molecule has 2 aromatic carbocycles. The van der Waals surface area contributed by atoms with E-state index in [-0.39, 0.29) is 11.7 Å². The molecular weight excluding hydrogens is 288 g/mol. The summed E-state index contributed by atoms with van der Waals surface area (Å²) >= 11 is 5.85. The monoisotopic (exact) mass is 302 g/mol. The maximum absolute atomic E-state index is 12.0. The van der Waals surface area contributed by atoms with Crippen LogP contribution < -0.4 is 5.43 Å². The summed E-state index contributed by atoms with van der Waals surface area (Å²) in [6.45, 7) is 1.94. The molecule has 2 aromatic rings. The van der Waals surface area contributed by atoms with E-state index in [9.17, 15) is 9.90 Å². The lowest BCUT2D eigenvalue weighted by atomic mass is 10.1. The highest BCUT2D eigenvalue weighted by molar-refractivity contribution is 6.30. The second-order valence-electron chi connectivity index (χ2n) is 4.41. The number of amides is 1. The molecule has 0 spiro atoms. The van der Waals surface area contributed by atoms with Crippen LogP contribution in [0, 0.1) is 0 Å². The van der Waals surface area contributed by atoms with Gasteiger partial charge < -0.3 is 5.11 Å². The van der Waals surface area contributed by atoms with Crippen molar-refractivity contribution in [2.24, 2.45) is 5.10 Å². The number of hydrogen-bond acceptors (Lipinski definition) is 3. The molecule has 0 aromatic heterocycles. The molecule has 2 rings (SSSR count). The highest BCUT2D eigenvalue weighted by Gasteiger charge is 2.06. The first kappa shape index (κ1) is 15.1. The van der Waals surface area contributed by atoms with Gasteiger partial charge in [-0.15, -0.1) is 0 Å². The van der Waals surface area contributed by atoms with Gasteiger partial charge in [0.05, 0.1) is 5.71 Å². The first-order chi connectivity index (χ1) is 10.1. The SMILES string of the molecule is CC/C(=N\NC(=O)c1cccc(Cl)c1)c1ccc(O)cc1. The van der Waals surface area contributed by atoms with Crippen LogP contribution in [0.4, 0.5) is 0 Å². The van der Waals surface area contributed by atoms with Gasteiger partial charge in [0.15, 0.2) is 0 Å². The van der Waals surface area contributed by atoms with E-state index < -0.39 is 0 Å². The second-order valence-corrected chi connectivity index (χ2v) is 4.85. The predicted molar refractivity (Wildman–Crippen MR) is 83.9 cm³/mol. The van der Waals surface area contributed by atoms with Crippen molar-refractivity contribution in [1.82, 2.24) is 5.43 Å². The number of hydrazone groups is 1. The summed E-state index contributed by atoms with van der Waals surface area (Å²) in [5.41, 5.74) is 4.55. The van der Waals surface area contributed by atoms with E-state index >= 15 is 0 Å². The first-order valence-electron chi connectivity index (χ1n) is 6.52. The largest absolute Gasteiger partial charge is 0.508 e. The summed E-state index contributed by atoms with van der Waals surface area (Å²) in [6, 6.07) is 13.3. The van der Waals surface area contributed by atoms with Crippen molar-refractivity contribution in [2.45, 2.75) is 13.3 Å². The summed E-state index contributed by atoms with van der Waals surface area (Å²) in [5, 5.41) is 13.9. The zero-order valence-electron chi connectivity index (χ0n) is 11.5. The summed E-state index contributed by atoms with van der Waals surface area (Å²) < 4.78 is 0. The molecular formula is C16H15ClN2O2. The Morgan fingerprint density at radius 3 is 2.52 bits per heavy atom. The molecule has 2 N–H and O–H groups in total. The quantitative estimate of drug-likeness (QED) is 0.669. The van der Waals surface area contributed by atoms with Crippen molar-refractivity contribution in [3.8, 4) is 5.75 Å². The van der Waals surface area contributed by atoms with Crippen molar-refractivity contribution < 1.29 is 9.90 Å². The number of carbonyl (C=O) groups excluding carboxylic acids is 1. The molecule has 4 nitrogen and oxygen atoms in total. The number of nitrogens with one attached hydrogen (secondary N) is 1. The van der Waals surface area contributed by atoms with Gasteiger partial charge in [-0.2, -0.15) is 5.10 Å². The van der Waals surface area contributed by atoms with Crippen LogP contribution in [-0.2, 0) is 0 Å². The van der Waals surface area contributed by atoms with Crippen molar-refractivity contribution in [3.63, 3.8) is 0 Å². The van der Waals surface area contributed by atoms with Crippen LogP contribution in [0.15, 0.2) is 53.6 Å². The zero-order valence-corrected chi connectivity index (χ0v) is 12.3. The minimum atomic E-state index is -0.317. The average molecular weight is 303 g/mol. The number of rotatable bonds is 4. The molecule has 0 saturated carbocycles. The smallest absolute Gasteiger partial charge is 0.271 e. The number of benzene rings is 2. The lowest BCUT2D eigenvalue weighted by Crippen LogP contribution is -2.19. The van der Waals surface area contributed by atoms with Gasteiger partial charge in [0, 0.05) is 10.6 Å². The first-order valence-corrected chi connectivity index (χ1v) is 6.90. The van der Waals surface area contributed by atoms with E-state index in [4.69, 9.17) is 11.6 Å². The summed E-state index contributed by atoms with van der Waals surface area (Å²) in [4.78, 5) is 12.0. The molecule has 5 heteroatoms. The fraction of sp³-hybridized carbons (Fsp3) is 0.125. The van der Waals surface area contributed by atoms with Gasteiger partial charge in [0.2, 0.25) is 0 Å². The molecule has 0 fully saturated rings.